The number of methoxy groups -OCH3 is 1. The van der Waals surface area contributed by atoms with E-state index in [1.54, 1.807) is 49.6 Å². The van der Waals surface area contributed by atoms with Crippen LogP contribution >= 0.6 is 0 Å². The highest BCUT2D eigenvalue weighted by Crippen LogP contribution is 2.24. The molecule has 31 heavy (non-hydrogen) atoms. The van der Waals surface area contributed by atoms with Gasteiger partial charge in [0.25, 0.3) is 5.56 Å². The third kappa shape index (κ3) is 4.66. The summed E-state index contributed by atoms with van der Waals surface area (Å²) in [7, 11) is -2.24. The fourth-order valence-corrected chi connectivity index (χ4v) is 5.23. The third-order valence-corrected chi connectivity index (χ3v) is 7.39. The predicted molar refractivity (Wildman–Crippen MR) is 119 cm³/mol. The number of benzene rings is 2. The second kappa shape index (κ2) is 8.82. The molecule has 0 radical (unpaired) electrons. The molecule has 1 saturated heterocycles. The summed E-state index contributed by atoms with van der Waals surface area (Å²) in [4.78, 5) is 15.8. The lowest BCUT2D eigenvalue weighted by Crippen LogP contribution is -2.38. The van der Waals surface area contributed by atoms with Crippen molar-refractivity contribution in [3.05, 3.63) is 70.0 Å². The fraction of sp³-hybridized carbons (Fsp3) is 0.348. The Balaban J connectivity index is 1.71. The molecule has 2 heterocycles. The Hall–Kier alpha value is -2.68. The normalized spacial score (nSPS) is 16.8. The molecule has 7 nitrogen and oxygen atoms in total. The van der Waals surface area contributed by atoms with Crippen molar-refractivity contribution in [2.75, 3.05) is 20.3 Å². The molecule has 4 rings (SSSR count). The van der Waals surface area contributed by atoms with E-state index in [1.165, 1.54) is 4.31 Å². The van der Waals surface area contributed by atoms with Gasteiger partial charge in [0.15, 0.2) is 0 Å². The molecule has 1 atom stereocenters. The maximum absolute atomic E-state index is 13.4. The van der Waals surface area contributed by atoms with E-state index >= 15 is 0 Å². The zero-order chi connectivity index (χ0) is 22.0. The van der Waals surface area contributed by atoms with Gasteiger partial charge in [0.1, 0.15) is 5.75 Å². The van der Waals surface area contributed by atoms with Crippen LogP contribution in [0.4, 0.5) is 0 Å². The Labute approximate surface area is 181 Å². The van der Waals surface area contributed by atoms with E-state index in [-0.39, 0.29) is 29.6 Å². The summed E-state index contributed by atoms with van der Waals surface area (Å²) >= 11 is 0. The first kappa shape index (κ1) is 21.5. The number of hydrogen-bond acceptors (Lipinski definition) is 5. The first-order chi connectivity index (χ1) is 14.9. The highest BCUT2D eigenvalue weighted by molar-refractivity contribution is 7.89. The van der Waals surface area contributed by atoms with Gasteiger partial charge in [-0.15, -0.1) is 0 Å². The lowest BCUT2D eigenvalue weighted by molar-refractivity contribution is 0.0925. The molecule has 3 aromatic rings. The molecule has 8 heteroatoms. The summed E-state index contributed by atoms with van der Waals surface area (Å²) in [6.45, 7) is 2.70. The van der Waals surface area contributed by atoms with Crippen LogP contribution in [0, 0.1) is 6.92 Å². The Kier molecular flexibility index (Phi) is 6.13. The van der Waals surface area contributed by atoms with Crippen molar-refractivity contribution in [1.82, 2.24) is 9.29 Å². The highest BCUT2D eigenvalue weighted by atomic mass is 32.2. The molecular weight excluding hydrogens is 416 g/mol. The van der Waals surface area contributed by atoms with E-state index in [0.717, 1.165) is 23.8 Å². The predicted octanol–water partition coefficient (Wildman–Crippen LogP) is 3.22. The zero-order valence-corrected chi connectivity index (χ0v) is 18.4. The van der Waals surface area contributed by atoms with Gasteiger partial charge in [-0.1, -0.05) is 17.7 Å². The number of aryl methyl sites for hydroxylation is 1. The van der Waals surface area contributed by atoms with Crippen molar-refractivity contribution < 1.29 is 17.9 Å². The van der Waals surface area contributed by atoms with E-state index in [1.807, 2.05) is 13.0 Å². The first-order valence-electron chi connectivity index (χ1n) is 10.3. The summed E-state index contributed by atoms with van der Waals surface area (Å²) in [5, 5.41) is 0.806. The Morgan fingerprint density at radius 3 is 2.61 bits per heavy atom. The number of aromatic nitrogens is 1. The maximum atomic E-state index is 13.4. The van der Waals surface area contributed by atoms with Crippen LogP contribution in [0.1, 0.15) is 24.0 Å². The van der Waals surface area contributed by atoms with Crippen molar-refractivity contribution in [1.29, 1.82) is 0 Å². The van der Waals surface area contributed by atoms with Crippen molar-refractivity contribution in [3.63, 3.8) is 0 Å². The highest BCUT2D eigenvalue weighted by Gasteiger charge is 2.30. The standard InChI is InChI=1S/C23H26N2O5S/c1-16-5-9-21(10-6-16)31(27,28)25(15-20-4-3-11-30-20)14-18-12-17-7-8-19(29-2)13-22(17)24-23(18)26/h5-10,12-13,20H,3-4,11,14-15H2,1-2H3,(H,24,26). The molecule has 2 aromatic carbocycles. The quantitative estimate of drug-likeness (QED) is 0.607. The molecule has 0 bridgehead atoms. The van der Waals surface area contributed by atoms with Gasteiger partial charge in [-0.25, -0.2) is 8.42 Å². The van der Waals surface area contributed by atoms with Crippen LogP contribution in [0.3, 0.4) is 0 Å². The van der Waals surface area contributed by atoms with Gasteiger partial charge in [-0.2, -0.15) is 4.31 Å². The van der Waals surface area contributed by atoms with Gasteiger partial charge >= 0.3 is 0 Å². The van der Waals surface area contributed by atoms with Crippen LogP contribution < -0.4 is 10.3 Å². The molecule has 1 unspecified atom stereocenters. The van der Waals surface area contributed by atoms with E-state index in [4.69, 9.17) is 9.47 Å². The average Bonchev–Trinajstić information content (AvgIpc) is 3.27. The number of ether oxygens (including phenoxy) is 2. The Morgan fingerprint density at radius 2 is 1.94 bits per heavy atom. The molecule has 1 fully saturated rings. The Bertz CT molecular complexity index is 1230. The number of H-pyrrole nitrogens is 1. The molecule has 0 amide bonds. The second-order valence-corrected chi connectivity index (χ2v) is 9.76. The number of sulfonamides is 1. The van der Waals surface area contributed by atoms with Crippen LogP contribution in [-0.4, -0.2) is 44.1 Å². The molecule has 1 aliphatic heterocycles. The average molecular weight is 443 g/mol. The van der Waals surface area contributed by atoms with Crippen molar-refractivity contribution in [3.8, 4) is 5.75 Å². The minimum absolute atomic E-state index is 0.0344. The Morgan fingerprint density at radius 1 is 1.16 bits per heavy atom. The van der Waals surface area contributed by atoms with Gasteiger partial charge in [0.05, 0.1) is 23.6 Å². The molecule has 164 valence electrons. The van der Waals surface area contributed by atoms with Gasteiger partial charge in [-0.05, 0) is 55.5 Å². The lowest BCUT2D eigenvalue weighted by Gasteiger charge is -2.25. The van der Waals surface area contributed by atoms with E-state index in [0.29, 0.717) is 23.4 Å². The SMILES string of the molecule is COc1ccc2cc(CN(CC3CCCO3)S(=O)(=O)c3ccc(C)cc3)c(=O)[nH]c2c1. The second-order valence-electron chi connectivity index (χ2n) is 7.82. The number of rotatable bonds is 7. The van der Waals surface area contributed by atoms with Crippen molar-refractivity contribution in [2.45, 2.75) is 37.3 Å². The van der Waals surface area contributed by atoms with Crippen LogP contribution in [0.2, 0.25) is 0 Å². The monoisotopic (exact) mass is 442 g/mol. The summed E-state index contributed by atoms with van der Waals surface area (Å²) in [6, 6.07) is 13.9. The zero-order valence-electron chi connectivity index (χ0n) is 17.6. The third-order valence-electron chi connectivity index (χ3n) is 5.57. The summed E-state index contributed by atoms with van der Waals surface area (Å²) in [6.07, 6.45) is 1.53. The van der Waals surface area contributed by atoms with E-state index in [9.17, 15) is 13.2 Å². The minimum Gasteiger partial charge on any atom is -0.497 e. The number of pyridine rings is 1. The van der Waals surface area contributed by atoms with Crippen LogP contribution in [0.5, 0.6) is 5.75 Å². The maximum Gasteiger partial charge on any atom is 0.252 e. The molecule has 0 saturated carbocycles. The summed E-state index contributed by atoms with van der Waals surface area (Å²) in [5.74, 6) is 0.637. The largest absolute Gasteiger partial charge is 0.497 e. The van der Waals surface area contributed by atoms with Gasteiger partial charge < -0.3 is 14.5 Å². The molecule has 0 spiro atoms. The van der Waals surface area contributed by atoms with Gasteiger partial charge in [0.2, 0.25) is 10.0 Å². The molecule has 1 N–H and O–H groups in total. The number of nitrogens with one attached hydrogen (secondary N) is 1. The van der Waals surface area contributed by atoms with E-state index < -0.39 is 10.0 Å². The number of aromatic amines is 1. The van der Waals surface area contributed by atoms with Gasteiger partial charge in [0, 0.05) is 31.3 Å². The number of fused-ring (bicyclic) bond motifs is 1. The lowest BCUT2D eigenvalue weighted by atomic mass is 10.1. The van der Waals surface area contributed by atoms with Crippen LogP contribution in [0.25, 0.3) is 10.9 Å². The van der Waals surface area contributed by atoms with Crippen LogP contribution in [0.15, 0.2) is 58.2 Å². The summed E-state index contributed by atoms with van der Waals surface area (Å²) in [5.41, 5.74) is 1.68. The molecule has 0 aliphatic carbocycles. The van der Waals surface area contributed by atoms with Crippen molar-refractivity contribution >= 4 is 20.9 Å². The molecule has 1 aromatic heterocycles. The molecular formula is C23H26N2O5S. The number of hydrogen-bond donors (Lipinski definition) is 1. The topological polar surface area (TPSA) is 88.7 Å². The molecule has 1 aliphatic rings. The smallest absolute Gasteiger partial charge is 0.252 e. The first-order valence-corrected chi connectivity index (χ1v) is 11.7. The fourth-order valence-electron chi connectivity index (χ4n) is 3.78. The summed E-state index contributed by atoms with van der Waals surface area (Å²) < 4.78 is 39.1. The minimum atomic E-state index is -3.80. The number of nitrogens with zero attached hydrogens (tertiary/aromatic N) is 1. The van der Waals surface area contributed by atoms with Crippen molar-refractivity contribution in [2.24, 2.45) is 0 Å². The van der Waals surface area contributed by atoms with Crippen LogP contribution in [-0.2, 0) is 21.3 Å². The van der Waals surface area contributed by atoms with E-state index in [2.05, 4.69) is 4.98 Å². The van der Waals surface area contributed by atoms with Gasteiger partial charge in [-0.3, -0.25) is 4.79 Å².